The van der Waals surface area contributed by atoms with Crippen molar-refractivity contribution in [2.45, 2.75) is 15.3 Å². The third-order valence-electron chi connectivity index (χ3n) is 4.17. The number of hydrogen-bond acceptors (Lipinski definition) is 4. The van der Waals surface area contributed by atoms with E-state index in [9.17, 15) is 21.6 Å². The molecule has 4 aromatic rings. The first-order valence-electron chi connectivity index (χ1n) is 9.69. The van der Waals surface area contributed by atoms with Gasteiger partial charge in [-0.2, -0.15) is 21.6 Å². The molecule has 0 aliphatic carbocycles. The summed E-state index contributed by atoms with van der Waals surface area (Å²) in [5, 5.41) is 0. The van der Waals surface area contributed by atoms with Crippen molar-refractivity contribution in [3.8, 4) is 16.9 Å². The fraction of sp³-hybridized carbons (Fsp3) is 0.0400. The van der Waals surface area contributed by atoms with Gasteiger partial charge in [0, 0.05) is 9.79 Å². The topological polar surface area (TPSA) is 43.4 Å². The first-order chi connectivity index (χ1) is 15.7. The van der Waals surface area contributed by atoms with Crippen LogP contribution < -0.4 is 4.18 Å². The summed E-state index contributed by atoms with van der Waals surface area (Å²) >= 11 is 1.39. The number of benzene rings is 4. The summed E-state index contributed by atoms with van der Waals surface area (Å²) in [6.45, 7) is 0. The molecule has 0 radical (unpaired) electrons. The van der Waals surface area contributed by atoms with Crippen molar-refractivity contribution in [1.82, 2.24) is 0 Å². The van der Waals surface area contributed by atoms with Crippen LogP contribution >= 0.6 is 11.8 Å². The van der Waals surface area contributed by atoms with Crippen molar-refractivity contribution >= 4 is 21.9 Å². The van der Waals surface area contributed by atoms with E-state index in [2.05, 4.69) is 52.7 Å². The highest BCUT2D eigenvalue weighted by molar-refractivity contribution is 7.99. The Balaban J connectivity index is 0.000000215. The average Bonchev–Trinajstić information content (AvgIpc) is 2.82. The first kappa shape index (κ1) is 24.4. The summed E-state index contributed by atoms with van der Waals surface area (Å²) in [7, 11) is -5.63. The Bertz CT molecular complexity index is 1190. The molecule has 0 saturated carbocycles. The largest absolute Gasteiger partial charge is 0.534 e. The summed E-state index contributed by atoms with van der Waals surface area (Å²) in [5.74, 6) is -0.385. The lowest BCUT2D eigenvalue weighted by molar-refractivity contribution is -0.0500. The van der Waals surface area contributed by atoms with Crippen LogP contribution in [0, 0.1) is 0 Å². The van der Waals surface area contributed by atoms with Gasteiger partial charge >= 0.3 is 15.6 Å². The molecule has 0 amide bonds. The van der Waals surface area contributed by atoms with E-state index >= 15 is 0 Å². The van der Waals surface area contributed by atoms with Crippen molar-refractivity contribution < 1.29 is 25.8 Å². The molecule has 0 spiro atoms. The summed E-state index contributed by atoms with van der Waals surface area (Å²) in [4.78, 5) is 1.70. The number of alkyl halides is 3. The smallest absolute Gasteiger partial charge is 0.376 e. The molecule has 0 fully saturated rings. The minimum Gasteiger partial charge on any atom is -0.376 e. The molecule has 170 valence electrons. The predicted octanol–water partition coefficient (Wildman–Crippen LogP) is 7.42. The zero-order chi connectivity index (χ0) is 23.7. The number of hydrogen-bond donors (Lipinski definition) is 0. The maximum atomic E-state index is 12.2. The van der Waals surface area contributed by atoms with Gasteiger partial charge in [-0.05, 0) is 47.5 Å². The van der Waals surface area contributed by atoms with Gasteiger partial charge in [0.15, 0.2) is 0 Å². The molecular weight excluding hydrogens is 469 g/mol. The fourth-order valence-corrected chi connectivity index (χ4v) is 3.92. The molecule has 3 nitrogen and oxygen atoms in total. The van der Waals surface area contributed by atoms with Gasteiger partial charge in [0.05, 0.1) is 0 Å². The van der Waals surface area contributed by atoms with Crippen LogP contribution in [0.15, 0.2) is 125 Å². The van der Waals surface area contributed by atoms with E-state index in [4.69, 9.17) is 0 Å². The van der Waals surface area contributed by atoms with Crippen LogP contribution in [0.25, 0.3) is 11.1 Å². The van der Waals surface area contributed by atoms with Crippen LogP contribution in [0.4, 0.5) is 13.2 Å². The van der Waals surface area contributed by atoms with E-state index in [0.717, 1.165) is 9.79 Å². The Labute approximate surface area is 195 Å². The highest BCUT2D eigenvalue weighted by Gasteiger charge is 2.48. The normalized spacial score (nSPS) is 11.2. The van der Waals surface area contributed by atoms with E-state index in [1.165, 1.54) is 47.2 Å². The molecule has 8 heteroatoms. The quantitative estimate of drug-likeness (QED) is 0.217. The summed E-state index contributed by atoms with van der Waals surface area (Å²) < 4.78 is 62.2. The van der Waals surface area contributed by atoms with Gasteiger partial charge in [0.1, 0.15) is 5.75 Å². The van der Waals surface area contributed by atoms with Gasteiger partial charge in [0.25, 0.3) is 0 Å². The van der Waals surface area contributed by atoms with Crippen LogP contribution in [-0.2, 0) is 10.1 Å². The molecule has 0 aliphatic rings. The maximum absolute atomic E-state index is 12.2. The third kappa shape index (κ3) is 7.40. The average molecular weight is 489 g/mol. The minimum atomic E-state index is -5.63. The van der Waals surface area contributed by atoms with Gasteiger partial charge in [-0.1, -0.05) is 90.6 Å². The lowest BCUT2D eigenvalue weighted by Crippen LogP contribution is -2.27. The fourth-order valence-electron chi connectivity index (χ4n) is 2.62. The first-order valence-corrected chi connectivity index (χ1v) is 11.9. The van der Waals surface area contributed by atoms with E-state index in [1.54, 1.807) is 0 Å². The zero-order valence-corrected chi connectivity index (χ0v) is 18.8. The van der Waals surface area contributed by atoms with Crippen molar-refractivity contribution in [1.29, 1.82) is 0 Å². The minimum absolute atomic E-state index is 0.385. The Morgan fingerprint density at radius 3 is 1.39 bits per heavy atom. The molecular formula is C25H19F3O3S2. The molecule has 0 atom stereocenters. The van der Waals surface area contributed by atoms with Gasteiger partial charge < -0.3 is 4.18 Å². The van der Waals surface area contributed by atoms with E-state index in [1.807, 2.05) is 42.5 Å². The standard InChI is InChI=1S/C13H9F3O3S2.C12H10/c14-13(15,16)21(17,18)19-10-6-8-12(9-7-10)20-11-4-2-1-3-5-11;1-3-7-11(8-4-1)12-9-5-2-6-10-12/h1-9H;1-10H. The molecule has 0 aromatic heterocycles. The molecule has 0 aliphatic heterocycles. The zero-order valence-electron chi connectivity index (χ0n) is 17.1. The Hall–Kier alpha value is -3.23. The Kier molecular flexibility index (Phi) is 8.19. The van der Waals surface area contributed by atoms with Crippen LogP contribution in [0.3, 0.4) is 0 Å². The molecule has 4 aromatic carbocycles. The molecule has 0 N–H and O–H groups in total. The summed E-state index contributed by atoms with van der Waals surface area (Å²) in [5.41, 5.74) is -2.89. The molecule has 0 heterocycles. The highest BCUT2D eigenvalue weighted by atomic mass is 32.2. The molecule has 0 unspecified atom stereocenters. The summed E-state index contributed by atoms with van der Waals surface area (Å²) in [6, 6.07) is 35.4. The van der Waals surface area contributed by atoms with Crippen molar-refractivity contribution in [3.05, 3.63) is 115 Å². The second-order valence-corrected chi connectivity index (χ2v) is 9.29. The Morgan fingerprint density at radius 1 is 0.576 bits per heavy atom. The van der Waals surface area contributed by atoms with Gasteiger partial charge in [0.2, 0.25) is 0 Å². The Morgan fingerprint density at radius 2 is 0.970 bits per heavy atom. The van der Waals surface area contributed by atoms with E-state index < -0.39 is 15.6 Å². The van der Waals surface area contributed by atoms with E-state index in [-0.39, 0.29) is 5.75 Å². The third-order valence-corrected chi connectivity index (χ3v) is 6.17. The van der Waals surface area contributed by atoms with Gasteiger partial charge in [-0.3, -0.25) is 0 Å². The molecule has 33 heavy (non-hydrogen) atoms. The van der Waals surface area contributed by atoms with Crippen LogP contribution in [0.1, 0.15) is 0 Å². The maximum Gasteiger partial charge on any atom is 0.534 e. The number of halogens is 3. The van der Waals surface area contributed by atoms with Crippen LogP contribution in [0.2, 0.25) is 0 Å². The molecule has 4 rings (SSSR count). The van der Waals surface area contributed by atoms with Crippen LogP contribution in [0.5, 0.6) is 5.75 Å². The van der Waals surface area contributed by atoms with Crippen molar-refractivity contribution in [2.24, 2.45) is 0 Å². The highest BCUT2D eigenvalue weighted by Crippen LogP contribution is 2.31. The lowest BCUT2D eigenvalue weighted by Gasteiger charge is -2.09. The second kappa shape index (κ2) is 11.1. The van der Waals surface area contributed by atoms with Crippen LogP contribution in [-0.4, -0.2) is 13.9 Å². The number of rotatable bonds is 5. The molecule has 0 saturated heterocycles. The molecule has 0 bridgehead atoms. The van der Waals surface area contributed by atoms with Gasteiger partial charge in [-0.25, -0.2) is 0 Å². The van der Waals surface area contributed by atoms with E-state index in [0.29, 0.717) is 0 Å². The van der Waals surface area contributed by atoms with Crippen molar-refractivity contribution in [2.75, 3.05) is 0 Å². The lowest BCUT2D eigenvalue weighted by atomic mass is 10.1. The van der Waals surface area contributed by atoms with Gasteiger partial charge in [-0.15, -0.1) is 0 Å². The second-order valence-electron chi connectivity index (χ2n) is 6.60. The van der Waals surface area contributed by atoms with Crippen molar-refractivity contribution in [3.63, 3.8) is 0 Å². The predicted molar refractivity (Wildman–Crippen MR) is 124 cm³/mol. The SMILES string of the molecule is O=S(=O)(Oc1ccc(Sc2ccccc2)cc1)C(F)(F)F.c1ccc(-c2ccccc2)cc1. The monoisotopic (exact) mass is 488 g/mol. The summed E-state index contributed by atoms with van der Waals surface area (Å²) in [6.07, 6.45) is 0.